The Balaban J connectivity index is 1.70. The van der Waals surface area contributed by atoms with Gasteiger partial charge in [-0.05, 0) is 25.8 Å². The minimum Gasteiger partial charge on any atom is -0.335 e. The molecule has 0 spiro atoms. The van der Waals surface area contributed by atoms with Crippen LogP contribution in [0, 0.1) is 0 Å². The molecule has 2 fully saturated rings. The minimum atomic E-state index is -0.338. The van der Waals surface area contributed by atoms with Crippen LogP contribution in [-0.4, -0.2) is 55.1 Å². The van der Waals surface area contributed by atoms with Crippen LogP contribution in [-0.2, 0) is 4.79 Å². The van der Waals surface area contributed by atoms with Gasteiger partial charge in [-0.25, -0.2) is 4.79 Å². The molecule has 6 nitrogen and oxygen atoms in total. The molecular weight excluding hydrogens is 268 g/mol. The van der Waals surface area contributed by atoms with Gasteiger partial charge in [0.15, 0.2) is 0 Å². The molecule has 0 bridgehead atoms. The third-order valence-electron chi connectivity index (χ3n) is 4.33. The molecule has 0 unspecified atom stereocenters. The number of carbonyl (C=O) groups excluding carboxylic acids is 2. The van der Waals surface area contributed by atoms with Crippen LogP contribution in [0.5, 0.6) is 0 Å². The monoisotopic (exact) mass is 296 g/mol. The summed E-state index contributed by atoms with van der Waals surface area (Å²) in [7, 11) is 0. The third-order valence-corrected chi connectivity index (χ3v) is 4.33. The largest absolute Gasteiger partial charge is 0.335 e. The molecule has 0 aromatic heterocycles. The molecule has 2 aliphatic rings. The second kappa shape index (κ2) is 8.34. The zero-order valence-corrected chi connectivity index (χ0v) is 13.0. The van der Waals surface area contributed by atoms with Crippen LogP contribution in [0.2, 0.25) is 0 Å². The van der Waals surface area contributed by atoms with Crippen LogP contribution in [0.4, 0.5) is 4.79 Å². The maximum atomic E-state index is 12.0. The first-order valence-electron chi connectivity index (χ1n) is 8.24. The molecule has 21 heavy (non-hydrogen) atoms. The Morgan fingerprint density at radius 1 is 1.19 bits per heavy atom. The van der Waals surface area contributed by atoms with E-state index in [4.69, 9.17) is 0 Å². The second-order valence-electron chi connectivity index (χ2n) is 6.14. The lowest BCUT2D eigenvalue weighted by Gasteiger charge is -2.37. The molecule has 1 saturated carbocycles. The fraction of sp³-hybridized carbons (Fsp3) is 0.867. The molecule has 120 valence electrons. The Bertz CT molecular complexity index is 352. The summed E-state index contributed by atoms with van der Waals surface area (Å²) in [6.45, 7) is 5.16. The summed E-state index contributed by atoms with van der Waals surface area (Å²) in [6.07, 6.45) is 6.64. The average Bonchev–Trinajstić information content (AvgIpc) is 2.37. The fourth-order valence-corrected chi connectivity index (χ4v) is 3.03. The predicted octanol–water partition coefficient (Wildman–Crippen LogP) is 0.829. The Morgan fingerprint density at radius 3 is 2.48 bits per heavy atom. The molecule has 0 atom stereocenters. The van der Waals surface area contributed by atoms with Crippen molar-refractivity contribution in [2.75, 3.05) is 26.2 Å². The molecule has 0 aromatic rings. The van der Waals surface area contributed by atoms with Crippen LogP contribution in [0.1, 0.15) is 45.4 Å². The molecule has 1 saturated heterocycles. The zero-order chi connectivity index (χ0) is 15.1. The normalized spacial score (nSPS) is 20.1. The molecule has 1 aliphatic heterocycles. The van der Waals surface area contributed by atoms with Gasteiger partial charge in [0.25, 0.3) is 0 Å². The van der Waals surface area contributed by atoms with Crippen molar-refractivity contribution in [2.24, 2.45) is 0 Å². The first-order valence-corrected chi connectivity index (χ1v) is 8.24. The highest BCUT2D eigenvalue weighted by Crippen LogP contribution is 2.17. The molecular formula is C15H28N4O2. The molecule has 3 N–H and O–H groups in total. The maximum Gasteiger partial charge on any atom is 0.321 e. The lowest BCUT2D eigenvalue weighted by Crippen LogP contribution is -2.59. The smallest absolute Gasteiger partial charge is 0.321 e. The van der Waals surface area contributed by atoms with Crippen LogP contribution in [0.25, 0.3) is 0 Å². The van der Waals surface area contributed by atoms with E-state index in [9.17, 15) is 9.59 Å². The Morgan fingerprint density at radius 2 is 1.90 bits per heavy atom. The molecule has 6 heteroatoms. The van der Waals surface area contributed by atoms with E-state index < -0.39 is 0 Å². The average molecular weight is 296 g/mol. The van der Waals surface area contributed by atoms with E-state index in [0.29, 0.717) is 12.6 Å². The van der Waals surface area contributed by atoms with Gasteiger partial charge >= 0.3 is 6.03 Å². The number of amides is 3. The molecule has 2 rings (SSSR count). The van der Waals surface area contributed by atoms with Crippen molar-refractivity contribution in [1.29, 1.82) is 0 Å². The van der Waals surface area contributed by atoms with E-state index in [1.165, 1.54) is 6.42 Å². The third kappa shape index (κ3) is 5.28. The van der Waals surface area contributed by atoms with Crippen molar-refractivity contribution < 1.29 is 9.59 Å². The first-order chi connectivity index (χ1) is 10.2. The van der Waals surface area contributed by atoms with Gasteiger partial charge in [0.05, 0.1) is 6.54 Å². The Hall–Kier alpha value is -1.14. The number of nitrogens with one attached hydrogen (secondary N) is 3. The highest BCUT2D eigenvalue weighted by molar-refractivity contribution is 5.95. The molecule has 0 aromatic carbocycles. The number of nitrogens with zero attached hydrogens (tertiary/aromatic N) is 1. The van der Waals surface area contributed by atoms with E-state index >= 15 is 0 Å². The lowest BCUT2D eigenvalue weighted by molar-refractivity contribution is -0.122. The van der Waals surface area contributed by atoms with Crippen molar-refractivity contribution in [1.82, 2.24) is 20.9 Å². The van der Waals surface area contributed by atoms with Crippen molar-refractivity contribution >= 4 is 11.9 Å². The number of imide groups is 1. The topological polar surface area (TPSA) is 73.5 Å². The van der Waals surface area contributed by atoms with Gasteiger partial charge in [0, 0.05) is 25.2 Å². The van der Waals surface area contributed by atoms with Crippen LogP contribution in [0.3, 0.4) is 0 Å². The molecule has 3 amide bonds. The standard InChI is InChI=1S/C15H28N4O2/c1-2-8-19(13-9-16-10-13)11-14(20)18-15(21)17-12-6-4-3-5-7-12/h12-13,16H,2-11H2,1H3,(H2,17,18,20,21). The van der Waals surface area contributed by atoms with E-state index in [-0.39, 0.29) is 18.0 Å². The maximum absolute atomic E-state index is 12.0. The van der Waals surface area contributed by atoms with E-state index in [2.05, 4.69) is 27.8 Å². The summed E-state index contributed by atoms with van der Waals surface area (Å²) in [5.41, 5.74) is 0. The number of rotatable bonds is 6. The highest BCUT2D eigenvalue weighted by Gasteiger charge is 2.26. The van der Waals surface area contributed by atoms with E-state index in [1.54, 1.807) is 0 Å². The van der Waals surface area contributed by atoms with Gasteiger partial charge in [-0.3, -0.25) is 15.0 Å². The Labute approximate surface area is 127 Å². The van der Waals surface area contributed by atoms with Crippen LogP contribution in [0.15, 0.2) is 0 Å². The molecule has 0 radical (unpaired) electrons. The summed E-state index contributed by atoms with van der Waals surface area (Å²) in [5, 5.41) is 8.59. The van der Waals surface area contributed by atoms with Crippen molar-refractivity contribution in [3.63, 3.8) is 0 Å². The molecule has 1 heterocycles. The van der Waals surface area contributed by atoms with Crippen LogP contribution >= 0.6 is 0 Å². The van der Waals surface area contributed by atoms with Crippen molar-refractivity contribution in [3.05, 3.63) is 0 Å². The van der Waals surface area contributed by atoms with E-state index in [1.807, 2.05) is 0 Å². The summed E-state index contributed by atoms with van der Waals surface area (Å²) >= 11 is 0. The van der Waals surface area contributed by atoms with E-state index in [0.717, 1.165) is 51.7 Å². The zero-order valence-electron chi connectivity index (χ0n) is 13.0. The minimum absolute atomic E-state index is 0.205. The number of urea groups is 1. The predicted molar refractivity (Wildman–Crippen MR) is 82.1 cm³/mol. The van der Waals surface area contributed by atoms with Crippen LogP contribution < -0.4 is 16.0 Å². The van der Waals surface area contributed by atoms with Gasteiger partial charge in [-0.1, -0.05) is 26.2 Å². The van der Waals surface area contributed by atoms with Gasteiger partial charge in [0.2, 0.25) is 5.91 Å². The van der Waals surface area contributed by atoms with Gasteiger partial charge in [-0.15, -0.1) is 0 Å². The summed E-state index contributed by atoms with van der Waals surface area (Å²) in [6, 6.07) is 0.321. The quantitative estimate of drug-likeness (QED) is 0.679. The molecule has 1 aliphatic carbocycles. The summed E-state index contributed by atoms with van der Waals surface area (Å²) in [4.78, 5) is 26.0. The SMILES string of the molecule is CCCN(CC(=O)NC(=O)NC1CCCCC1)C1CNC1. The van der Waals surface area contributed by atoms with Gasteiger partial charge in [-0.2, -0.15) is 0 Å². The summed E-state index contributed by atoms with van der Waals surface area (Å²) in [5.74, 6) is -0.205. The van der Waals surface area contributed by atoms with Crippen molar-refractivity contribution in [3.8, 4) is 0 Å². The number of hydrogen-bond acceptors (Lipinski definition) is 4. The number of hydrogen-bond donors (Lipinski definition) is 3. The van der Waals surface area contributed by atoms with Crippen molar-refractivity contribution in [2.45, 2.75) is 57.5 Å². The van der Waals surface area contributed by atoms with Gasteiger partial charge < -0.3 is 10.6 Å². The lowest BCUT2D eigenvalue weighted by atomic mass is 9.96. The first kappa shape index (κ1) is 16.2. The summed E-state index contributed by atoms with van der Waals surface area (Å²) < 4.78 is 0. The Kier molecular flexibility index (Phi) is 6.45. The van der Waals surface area contributed by atoms with Gasteiger partial charge in [0.1, 0.15) is 0 Å². The number of carbonyl (C=O) groups is 2. The highest BCUT2D eigenvalue weighted by atomic mass is 16.2. The second-order valence-corrected chi connectivity index (χ2v) is 6.14. The fourth-order valence-electron chi connectivity index (χ4n) is 3.03.